The Hall–Kier alpha value is -1.41. The molecule has 98 valence electrons. The van der Waals surface area contributed by atoms with Gasteiger partial charge in [0.15, 0.2) is 0 Å². The summed E-state index contributed by atoms with van der Waals surface area (Å²) in [6, 6.07) is 6.64. The van der Waals surface area contributed by atoms with Crippen LogP contribution in [0, 0.1) is 5.82 Å². The number of benzene rings is 1. The lowest BCUT2D eigenvalue weighted by Crippen LogP contribution is -2.23. The number of rotatable bonds is 4. The lowest BCUT2D eigenvalue weighted by Gasteiger charge is -2.25. The fraction of sp³-hybridized carbons (Fsp3) is 0.375. The molecule has 1 aromatic rings. The van der Waals surface area contributed by atoms with Crippen LogP contribution in [0.3, 0.4) is 0 Å². The van der Waals surface area contributed by atoms with E-state index in [2.05, 4.69) is 0 Å². The Morgan fingerprint density at radius 3 is 2.39 bits per heavy atom. The molecule has 0 bridgehead atoms. The molecule has 1 N–H and O–H groups in total. The number of halogens is 1. The van der Waals surface area contributed by atoms with Gasteiger partial charge in [0.2, 0.25) is 0 Å². The molecule has 0 saturated heterocycles. The first-order valence-electron chi connectivity index (χ1n) is 6.26. The summed E-state index contributed by atoms with van der Waals surface area (Å²) in [6.45, 7) is 7.30. The van der Waals surface area contributed by atoms with Crippen LogP contribution in [0.25, 0.3) is 5.57 Å². The van der Waals surface area contributed by atoms with Crippen molar-refractivity contribution in [2.24, 2.45) is 0 Å². The Balaban J connectivity index is 3.35. The zero-order valence-electron chi connectivity index (χ0n) is 11.5. The Kier molecular flexibility index (Phi) is 4.85. The highest BCUT2D eigenvalue weighted by Gasteiger charge is 2.24. The van der Waals surface area contributed by atoms with Gasteiger partial charge in [-0.15, -0.1) is 0 Å². The second-order valence-corrected chi connectivity index (χ2v) is 4.77. The SMILES string of the molecule is C/C=C(\C(=C/CC)C(C)(C)O)c1ccccc1F. The first-order valence-corrected chi connectivity index (χ1v) is 6.26. The van der Waals surface area contributed by atoms with Gasteiger partial charge in [-0.05, 0) is 44.4 Å². The summed E-state index contributed by atoms with van der Waals surface area (Å²) in [6.07, 6.45) is 4.59. The maximum Gasteiger partial charge on any atom is 0.131 e. The van der Waals surface area contributed by atoms with E-state index in [4.69, 9.17) is 0 Å². The van der Waals surface area contributed by atoms with Gasteiger partial charge in [0.25, 0.3) is 0 Å². The molecule has 0 atom stereocenters. The molecule has 0 aliphatic carbocycles. The quantitative estimate of drug-likeness (QED) is 0.786. The van der Waals surface area contributed by atoms with Crippen LogP contribution in [0.5, 0.6) is 0 Å². The average Bonchev–Trinajstić information content (AvgIpc) is 2.30. The Labute approximate surface area is 109 Å². The van der Waals surface area contributed by atoms with Gasteiger partial charge in [-0.3, -0.25) is 0 Å². The highest BCUT2D eigenvalue weighted by atomic mass is 19.1. The van der Waals surface area contributed by atoms with Crippen LogP contribution in [0.15, 0.2) is 42.0 Å². The van der Waals surface area contributed by atoms with Crippen molar-refractivity contribution in [3.8, 4) is 0 Å². The summed E-state index contributed by atoms with van der Waals surface area (Å²) >= 11 is 0. The fourth-order valence-electron chi connectivity index (χ4n) is 2.03. The summed E-state index contributed by atoms with van der Waals surface area (Å²) < 4.78 is 13.9. The summed E-state index contributed by atoms with van der Waals surface area (Å²) in [5, 5.41) is 10.2. The third-order valence-corrected chi connectivity index (χ3v) is 2.81. The number of hydrogen-bond acceptors (Lipinski definition) is 1. The van der Waals surface area contributed by atoms with E-state index < -0.39 is 5.60 Å². The van der Waals surface area contributed by atoms with Gasteiger partial charge >= 0.3 is 0 Å². The molecule has 0 saturated carbocycles. The molecule has 1 nitrogen and oxygen atoms in total. The van der Waals surface area contributed by atoms with E-state index in [0.717, 1.165) is 17.6 Å². The minimum Gasteiger partial charge on any atom is -0.386 e. The molecule has 0 amide bonds. The molecule has 0 fully saturated rings. The van der Waals surface area contributed by atoms with Gasteiger partial charge < -0.3 is 5.11 Å². The van der Waals surface area contributed by atoms with Gasteiger partial charge in [0.05, 0.1) is 5.60 Å². The van der Waals surface area contributed by atoms with Crippen LogP contribution in [0.4, 0.5) is 4.39 Å². The third kappa shape index (κ3) is 3.30. The molecule has 18 heavy (non-hydrogen) atoms. The van der Waals surface area contributed by atoms with Crippen molar-refractivity contribution in [2.45, 2.75) is 39.7 Å². The second kappa shape index (κ2) is 5.96. The van der Waals surface area contributed by atoms with Crippen LogP contribution in [-0.4, -0.2) is 10.7 Å². The van der Waals surface area contributed by atoms with Gasteiger partial charge in [0, 0.05) is 5.56 Å². The predicted molar refractivity (Wildman–Crippen MR) is 74.7 cm³/mol. The minimum absolute atomic E-state index is 0.267. The third-order valence-electron chi connectivity index (χ3n) is 2.81. The van der Waals surface area contributed by atoms with Crippen LogP contribution in [-0.2, 0) is 0 Å². The molecule has 0 heterocycles. The van der Waals surface area contributed by atoms with Crippen LogP contribution >= 0.6 is 0 Å². The molecule has 0 spiro atoms. The number of hydrogen-bond donors (Lipinski definition) is 1. The minimum atomic E-state index is -0.986. The molecule has 0 aromatic heterocycles. The molecule has 1 aromatic carbocycles. The summed E-state index contributed by atoms with van der Waals surface area (Å²) in [5.74, 6) is -0.267. The Morgan fingerprint density at radius 2 is 1.94 bits per heavy atom. The van der Waals surface area contributed by atoms with Crippen molar-refractivity contribution in [3.05, 3.63) is 53.4 Å². The van der Waals surface area contributed by atoms with E-state index in [0.29, 0.717) is 5.56 Å². The van der Waals surface area contributed by atoms with E-state index in [9.17, 15) is 9.50 Å². The smallest absolute Gasteiger partial charge is 0.131 e. The van der Waals surface area contributed by atoms with Crippen molar-refractivity contribution in [2.75, 3.05) is 0 Å². The molecule has 0 aliphatic heterocycles. The van der Waals surface area contributed by atoms with Crippen molar-refractivity contribution in [3.63, 3.8) is 0 Å². The van der Waals surface area contributed by atoms with E-state index in [1.54, 1.807) is 32.0 Å². The largest absolute Gasteiger partial charge is 0.386 e. The van der Waals surface area contributed by atoms with Crippen LogP contribution in [0.2, 0.25) is 0 Å². The monoisotopic (exact) mass is 248 g/mol. The van der Waals surface area contributed by atoms with E-state index in [1.807, 2.05) is 26.0 Å². The molecule has 0 radical (unpaired) electrons. The standard InChI is InChI=1S/C16H21FO/c1-5-9-14(16(3,4)18)12(6-2)13-10-7-8-11-15(13)17/h6-11,18H,5H2,1-4H3/b12-6-,14-9+. The van der Waals surface area contributed by atoms with Crippen molar-refractivity contribution < 1.29 is 9.50 Å². The predicted octanol–water partition coefficient (Wildman–Crippen LogP) is 4.34. The molecule has 0 aliphatic rings. The maximum atomic E-state index is 13.9. The zero-order chi connectivity index (χ0) is 13.8. The van der Waals surface area contributed by atoms with Crippen LogP contribution in [0.1, 0.15) is 39.7 Å². The molecule has 0 unspecified atom stereocenters. The summed E-state index contributed by atoms with van der Waals surface area (Å²) in [4.78, 5) is 0. The first-order chi connectivity index (χ1) is 8.41. The normalized spacial score (nSPS) is 13.9. The van der Waals surface area contributed by atoms with Crippen LogP contribution < -0.4 is 0 Å². The highest BCUT2D eigenvalue weighted by Crippen LogP contribution is 2.32. The average molecular weight is 248 g/mol. The maximum absolute atomic E-state index is 13.9. The van der Waals surface area contributed by atoms with Crippen molar-refractivity contribution >= 4 is 5.57 Å². The lowest BCUT2D eigenvalue weighted by molar-refractivity contribution is 0.124. The number of allylic oxidation sites excluding steroid dienone is 2. The Bertz CT molecular complexity index is 464. The topological polar surface area (TPSA) is 20.2 Å². The van der Waals surface area contributed by atoms with Crippen molar-refractivity contribution in [1.29, 1.82) is 0 Å². The summed E-state index contributed by atoms with van der Waals surface area (Å²) in [7, 11) is 0. The van der Waals surface area contributed by atoms with Crippen molar-refractivity contribution in [1.82, 2.24) is 0 Å². The molecule has 2 heteroatoms. The molecular weight excluding hydrogens is 227 g/mol. The van der Waals surface area contributed by atoms with E-state index in [1.165, 1.54) is 6.07 Å². The van der Waals surface area contributed by atoms with E-state index in [-0.39, 0.29) is 5.82 Å². The van der Waals surface area contributed by atoms with Gasteiger partial charge in [-0.25, -0.2) is 4.39 Å². The second-order valence-electron chi connectivity index (χ2n) is 4.77. The lowest BCUT2D eigenvalue weighted by atomic mass is 9.86. The Morgan fingerprint density at radius 1 is 1.33 bits per heavy atom. The van der Waals surface area contributed by atoms with Gasteiger partial charge in [0.1, 0.15) is 5.82 Å². The summed E-state index contributed by atoms with van der Waals surface area (Å²) in [5.41, 5.74) is 1.06. The first kappa shape index (κ1) is 14.7. The van der Waals surface area contributed by atoms with E-state index >= 15 is 0 Å². The molecular formula is C16H21FO. The van der Waals surface area contributed by atoms with Gasteiger partial charge in [-0.1, -0.05) is 37.3 Å². The zero-order valence-corrected chi connectivity index (χ0v) is 11.5. The molecule has 1 rings (SSSR count). The number of aliphatic hydroxyl groups is 1. The van der Waals surface area contributed by atoms with Gasteiger partial charge in [-0.2, -0.15) is 0 Å². The highest BCUT2D eigenvalue weighted by molar-refractivity contribution is 5.80. The fourth-order valence-corrected chi connectivity index (χ4v) is 2.03.